The van der Waals surface area contributed by atoms with Gasteiger partial charge in [0, 0.05) is 17.3 Å². The molecule has 0 aliphatic heterocycles. The molecule has 0 radical (unpaired) electrons. The Morgan fingerprint density at radius 1 is 1.02 bits per heavy atom. The largest absolute Gasteiger partial charge is 0.457 e. The van der Waals surface area contributed by atoms with Gasteiger partial charge in [0.1, 0.15) is 22.6 Å². The van der Waals surface area contributed by atoms with E-state index < -0.39 is 5.91 Å². The quantitative estimate of drug-likeness (QED) is 0.154. The molecule has 0 spiro atoms. The highest BCUT2D eigenvalue weighted by atomic mass is 35.5. The molecule has 2 N–H and O–H groups in total. The molecule has 10 heteroatoms. The molecule has 0 aliphatic carbocycles. The standard InChI is InChI=1S/C30H25Cl2N5O2S/c1-17(2)19-7-9-20(10-8-19)37-35-25-15-18(3)24(16-26(25)36-37)33-30(40)34-28(38)14-12-21-11-13-27(39-21)22-5-4-6-23(31)29(22)32/h4-17H,1-3H3,(H2,33,34,38,40). The van der Waals surface area contributed by atoms with Gasteiger partial charge in [-0.3, -0.25) is 10.1 Å². The predicted octanol–water partition coefficient (Wildman–Crippen LogP) is 7.95. The highest BCUT2D eigenvalue weighted by Gasteiger charge is 2.12. The van der Waals surface area contributed by atoms with E-state index in [9.17, 15) is 4.79 Å². The zero-order chi connectivity index (χ0) is 28.4. The number of anilines is 1. The summed E-state index contributed by atoms with van der Waals surface area (Å²) in [5, 5.41) is 15.9. The summed E-state index contributed by atoms with van der Waals surface area (Å²) in [6, 6.07) is 20.8. The average molecular weight is 591 g/mol. The maximum atomic E-state index is 12.5. The van der Waals surface area contributed by atoms with Crippen molar-refractivity contribution in [3.63, 3.8) is 0 Å². The van der Waals surface area contributed by atoms with E-state index in [0.717, 1.165) is 22.5 Å². The summed E-state index contributed by atoms with van der Waals surface area (Å²) < 4.78 is 5.79. The van der Waals surface area contributed by atoms with Crippen LogP contribution in [-0.4, -0.2) is 26.0 Å². The Bertz CT molecular complexity index is 1760. The minimum absolute atomic E-state index is 0.152. The predicted molar refractivity (Wildman–Crippen MR) is 165 cm³/mol. The smallest absolute Gasteiger partial charge is 0.250 e. The number of fused-ring (bicyclic) bond motifs is 1. The van der Waals surface area contributed by atoms with Crippen LogP contribution in [0.1, 0.15) is 36.7 Å². The first-order chi connectivity index (χ1) is 19.2. The van der Waals surface area contributed by atoms with Gasteiger partial charge < -0.3 is 9.73 Å². The van der Waals surface area contributed by atoms with Crippen molar-refractivity contribution in [3.8, 4) is 17.0 Å². The van der Waals surface area contributed by atoms with Crippen molar-refractivity contribution in [1.82, 2.24) is 20.3 Å². The van der Waals surface area contributed by atoms with Crippen LogP contribution < -0.4 is 10.6 Å². The lowest BCUT2D eigenvalue weighted by molar-refractivity contribution is -0.115. The fourth-order valence-electron chi connectivity index (χ4n) is 4.06. The number of furan rings is 1. The molecule has 0 unspecified atom stereocenters. The van der Waals surface area contributed by atoms with Crippen molar-refractivity contribution in [2.45, 2.75) is 26.7 Å². The van der Waals surface area contributed by atoms with Crippen molar-refractivity contribution < 1.29 is 9.21 Å². The maximum absolute atomic E-state index is 12.5. The van der Waals surface area contributed by atoms with E-state index >= 15 is 0 Å². The van der Waals surface area contributed by atoms with Gasteiger partial charge in [-0.05, 0) is 90.8 Å². The van der Waals surface area contributed by atoms with E-state index in [-0.39, 0.29) is 5.11 Å². The minimum atomic E-state index is -0.411. The van der Waals surface area contributed by atoms with Crippen LogP contribution in [0.4, 0.5) is 5.69 Å². The maximum Gasteiger partial charge on any atom is 0.250 e. The number of aryl methyl sites for hydroxylation is 1. The number of carbonyl (C=O) groups excluding carboxylic acids is 1. The van der Waals surface area contributed by atoms with Crippen LogP contribution in [0.25, 0.3) is 34.1 Å². The molecule has 3 aromatic carbocycles. The summed E-state index contributed by atoms with van der Waals surface area (Å²) >= 11 is 17.7. The van der Waals surface area contributed by atoms with Crippen molar-refractivity contribution in [1.29, 1.82) is 0 Å². The second-order valence-electron chi connectivity index (χ2n) is 9.47. The zero-order valence-electron chi connectivity index (χ0n) is 21.9. The highest BCUT2D eigenvalue weighted by molar-refractivity contribution is 7.80. The molecular formula is C30H25Cl2N5O2S. The molecule has 0 atom stereocenters. The van der Waals surface area contributed by atoms with Crippen LogP contribution in [-0.2, 0) is 4.79 Å². The fraction of sp³-hybridized carbons (Fsp3) is 0.133. The highest BCUT2D eigenvalue weighted by Crippen LogP contribution is 2.34. The fourth-order valence-corrected chi connectivity index (χ4v) is 4.66. The number of aromatic nitrogens is 3. The van der Waals surface area contributed by atoms with Crippen LogP contribution >= 0.6 is 35.4 Å². The molecule has 0 fully saturated rings. The summed E-state index contributed by atoms with van der Waals surface area (Å²) in [6.07, 6.45) is 2.88. The first-order valence-electron chi connectivity index (χ1n) is 12.5. The average Bonchev–Trinajstić information content (AvgIpc) is 3.56. The molecular weight excluding hydrogens is 565 g/mol. The zero-order valence-corrected chi connectivity index (χ0v) is 24.2. The van der Waals surface area contributed by atoms with Crippen molar-refractivity contribution >= 4 is 69.2 Å². The van der Waals surface area contributed by atoms with Crippen molar-refractivity contribution in [2.75, 3.05) is 5.32 Å². The summed E-state index contributed by atoms with van der Waals surface area (Å²) in [7, 11) is 0. The number of rotatable bonds is 6. The third-order valence-electron chi connectivity index (χ3n) is 6.24. The molecule has 0 aliphatic rings. The Kier molecular flexibility index (Phi) is 8.02. The van der Waals surface area contributed by atoms with Gasteiger partial charge in [0.25, 0.3) is 0 Å². The molecule has 7 nitrogen and oxygen atoms in total. The summed E-state index contributed by atoms with van der Waals surface area (Å²) in [4.78, 5) is 14.1. The minimum Gasteiger partial charge on any atom is -0.457 e. The number of carbonyl (C=O) groups is 1. The van der Waals surface area contributed by atoms with Crippen LogP contribution in [0.2, 0.25) is 10.0 Å². The number of nitrogens with one attached hydrogen (secondary N) is 2. The van der Waals surface area contributed by atoms with Gasteiger partial charge in [-0.2, -0.15) is 4.80 Å². The number of thiocarbonyl (C=S) groups is 1. The van der Waals surface area contributed by atoms with Crippen molar-refractivity contribution in [3.05, 3.63) is 99.7 Å². The molecule has 0 bridgehead atoms. The van der Waals surface area contributed by atoms with E-state index in [4.69, 9.17) is 39.8 Å². The van der Waals surface area contributed by atoms with E-state index in [1.165, 1.54) is 11.6 Å². The molecule has 2 aromatic heterocycles. The first-order valence-corrected chi connectivity index (χ1v) is 13.7. The Hall–Kier alpha value is -3.98. The lowest BCUT2D eigenvalue weighted by Crippen LogP contribution is -2.33. The Morgan fingerprint density at radius 3 is 2.48 bits per heavy atom. The normalized spacial score (nSPS) is 11.4. The van der Waals surface area contributed by atoms with Crippen LogP contribution in [0, 0.1) is 6.92 Å². The van der Waals surface area contributed by atoms with E-state index in [2.05, 4.69) is 46.8 Å². The monoisotopic (exact) mass is 589 g/mol. The molecule has 202 valence electrons. The first kappa shape index (κ1) is 27.6. The second-order valence-corrected chi connectivity index (χ2v) is 10.7. The Labute approximate surface area is 246 Å². The SMILES string of the molecule is Cc1cc2nn(-c3ccc(C(C)C)cc3)nc2cc1NC(=S)NC(=O)C=Cc1ccc(-c2cccc(Cl)c2Cl)o1. The van der Waals surface area contributed by atoms with Gasteiger partial charge in [-0.25, -0.2) is 0 Å². The van der Waals surface area contributed by atoms with Crippen LogP contribution in [0.5, 0.6) is 0 Å². The van der Waals surface area contributed by atoms with Gasteiger partial charge in [0.2, 0.25) is 5.91 Å². The summed E-state index contributed by atoms with van der Waals surface area (Å²) in [5.74, 6) is 1.06. The number of nitrogens with zero attached hydrogens (tertiary/aromatic N) is 3. The lowest BCUT2D eigenvalue weighted by atomic mass is 10.0. The van der Waals surface area contributed by atoms with E-state index in [0.29, 0.717) is 38.6 Å². The van der Waals surface area contributed by atoms with Gasteiger partial charge in [0.05, 0.1) is 15.7 Å². The van der Waals surface area contributed by atoms with Gasteiger partial charge in [-0.1, -0.05) is 55.2 Å². The second kappa shape index (κ2) is 11.6. The summed E-state index contributed by atoms with van der Waals surface area (Å²) in [6.45, 7) is 6.25. The Morgan fingerprint density at radius 2 is 1.75 bits per heavy atom. The number of hydrogen-bond donors (Lipinski definition) is 2. The number of hydrogen-bond acceptors (Lipinski definition) is 5. The number of halogens is 2. The number of amides is 1. The van der Waals surface area contributed by atoms with Crippen molar-refractivity contribution in [2.24, 2.45) is 0 Å². The van der Waals surface area contributed by atoms with E-state index in [1.54, 1.807) is 41.2 Å². The topological polar surface area (TPSA) is 85.0 Å². The van der Waals surface area contributed by atoms with Crippen LogP contribution in [0.15, 0.2) is 77.2 Å². The molecule has 5 rings (SSSR count). The molecule has 40 heavy (non-hydrogen) atoms. The Balaban J connectivity index is 1.23. The number of benzene rings is 3. The third-order valence-corrected chi connectivity index (χ3v) is 7.27. The van der Waals surface area contributed by atoms with Gasteiger partial charge >= 0.3 is 0 Å². The third kappa shape index (κ3) is 6.09. The van der Waals surface area contributed by atoms with Crippen LogP contribution in [0.3, 0.4) is 0 Å². The van der Waals surface area contributed by atoms with Gasteiger partial charge in [-0.15, -0.1) is 10.2 Å². The summed E-state index contributed by atoms with van der Waals surface area (Å²) in [5.41, 5.74) is 5.88. The van der Waals surface area contributed by atoms with Gasteiger partial charge in [0.15, 0.2) is 5.11 Å². The molecule has 1 amide bonds. The molecule has 0 saturated carbocycles. The molecule has 2 heterocycles. The van der Waals surface area contributed by atoms with E-state index in [1.807, 2.05) is 31.2 Å². The molecule has 5 aromatic rings. The molecule has 0 saturated heterocycles. The lowest BCUT2D eigenvalue weighted by Gasteiger charge is -2.10.